The van der Waals surface area contributed by atoms with Crippen molar-refractivity contribution in [3.63, 3.8) is 0 Å². The van der Waals surface area contributed by atoms with Gasteiger partial charge in [0.2, 0.25) is 0 Å². The van der Waals surface area contributed by atoms with Gasteiger partial charge in [-0.3, -0.25) is 4.79 Å². The molecule has 96 valence electrons. The molecule has 2 nitrogen and oxygen atoms in total. The summed E-state index contributed by atoms with van der Waals surface area (Å²) in [5.41, 5.74) is -1.03. The summed E-state index contributed by atoms with van der Waals surface area (Å²) in [6.45, 7) is 1.61. The third-order valence-electron chi connectivity index (χ3n) is 2.70. The van der Waals surface area contributed by atoms with Crippen LogP contribution in [0.15, 0.2) is 18.3 Å². The maximum atomic E-state index is 13.3. The Morgan fingerprint density at radius 2 is 2.00 bits per heavy atom. The second kappa shape index (κ2) is 4.12. The Morgan fingerprint density at radius 3 is 2.56 bits per heavy atom. The number of fused-ring (bicyclic) bond motifs is 1. The van der Waals surface area contributed by atoms with Crippen molar-refractivity contribution in [3.8, 4) is 0 Å². The molecule has 1 aromatic carbocycles. The van der Waals surface area contributed by atoms with Gasteiger partial charge in [0, 0.05) is 29.1 Å². The standard InChI is InChI=1S/C12H9F4NO/c1-2-11(18)7-5-17-10-4-9(13)8(3-6(7)10)12(14,15)16/h3-5,17H,2H2,1H3. The minimum atomic E-state index is -4.78. The SMILES string of the molecule is CCC(=O)c1c[nH]c2cc(F)c(C(F)(F)F)cc12. The van der Waals surface area contributed by atoms with Gasteiger partial charge in [0.25, 0.3) is 0 Å². The first-order valence-electron chi connectivity index (χ1n) is 5.25. The molecule has 1 N–H and O–H groups in total. The average molecular weight is 259 g/mol. The zero-order valence-corrected chi connectivity index (χ0v) is 9.36. The molecule has 2 rings (SSSR count). The zero-order valence-electron chi connectivity index (χ0n) is 9.36. The summed E-state index contributed by atoms with van der Waals surface area (Å²) in [4.78, 5) is 14.1. The summed E-state index contributed by atoms with van der Waals surface area (Å²) < 4.78 is 51.0. The van der Waals surface area contributed by atoms with Crippen molar-refractivity contribution in [1.82, 2.24) is 4.98 Å². The highest BCUT2D eigenvalue weighted by Gasteiger charge is 2.34. The summed E-state index contributed by atoms with van der Waals surface area (Å²) in [5, 5.41) is 0.0931. The van der Waals surface area contributed by atoms with Crippen LogP contribution in [0.4, 0.5) is 17.6 Å². The lowest BCUT2D eigenvalue weighted by atomic mass is 10.0. The van der Waals surface area contributed by atoms with Gasteiger partial charge >= 0.3 is 6.18 Å². The van der Waals surface area contributed by atoms with Crippen molar-refractivity contribution < 1.29 is 22.4 Å². The highest BCUT2D eigenvalue weighted by molar-refractivity contribution is 6.07. The van der Waals surface area contributed by atoms with Gasteiger partial charge in [-0.05, 0) is 12.1 Å². The molecule has 0 saturated carbocycles. The normalized spacial score (nSPS) is 12.1. The van der Waals surface area contributed by atoms with Crippen LogP contribution >= 0.6 is 0 Å². The number of carbonyl (C=O) groups excluding carboxylic acids is 1. The summed E-state index contributed by atoms with van der Waals surface area (Å²) in [6, 6.07) is 1.43. The highest BCUT2D eigenvalue weighted by atomic mass is 19.4. The number of rotatable bonds is 2. The monoisotopic (exact) mass is 259 g/mol. The second-order valence-electron chi connectivity index (χ2n) is 3.85. The van der Waals surface area contributed by atoms with Gasteiger partial charge in [-0.2, -0.15) is 13.2 Å². The Labute approximate surface area is 99.6 Å². The van der Waals surface area contributed by atoms with Gasteiger partial charge in [-0.25, -0.2) is 4.39 Å². The van der Waals surface area contributed by atoms with Crippen LogP contribution in [0.25, 0.3) is 10.9 Å². The van der Waals surface area contributed by atoms with E-state index in [1.165, 1.54) is 6.20 Å². The molecule has 0 fully saturated rings. The third kappa shape index (κ3) is 1.98. The first kappa shape index (κ1) is 12.6. The molecule has 0 aliphatic rings. The molecule has 0 aliphatic carbocycles. The van der Waals surface area contributed by atoms with Crippen LogP contribution in [0.2, 0.25) is 0 Å². The maximum Gasteiger partial charge on any atom is 0.419 e. The first-order chi connectivity index (χ1) is 8.34. The number of aromatic nitrogens is 1. The fourth-order valence-electron chi connectivity index (χ4n) is 1.78. The highest BCUT2D eigenvalue weighted by Crippen LogP contribution is 2.34. The zero-order chi connectivity index (χ0) is 13.5. The number of Topliss-reactive ketones (excluding diaryl/α,β-unsaturated/α-hetero) is 1. The van der Waals surface area contributed by atoms with Gasteiger partial charge in [-0.15, -0.1) is 0 Å². The molecule has 18 heavy (non-hydrogen) atoms. The van der Waals surface area contributed by atoms with E-state index in [2.05, 4.69) is 4.98 Å². The predicted octanol–water partition coefficient (Wildman–Crippen LogP) is 3.92. The lowest BCUT2D eigenvalue weighted by Crippen LogP contribution is -2.08. The number of H-pyrrole nitrogens is 1. The minimum absolute atomic E-state index is 0.0931. The molecule has 0 aliphatic heterocycles. The third-order valence-corrected chi connectivity index (χ3v) is 2.70. The molecule has 0 spiro atoms. The molecule has 2 aromatic rings. The largest absolute Gasteiger partial charge is 0.419 e. The van der Waals surface area contributed by atoms with E-state index >= 15 is 0 Å². The van der Waals surface area contributed by atoms with E-state index in [9.17, 15) is 22.4 Å². The van der Waals surface area contributed by atoms with Crippen LogP contribution in [-0.2, 0) is 6.18 Å². The van der Waals surface area contributed by atoms with E-state index in [1.54, 1.807) is 6.92 Å². The lowest BCUT2D eigenvalue weighted by Gasteiger charge is -2.08. The Balaban J connectivity index is 2.71. The Bertz CT molecular complexity index is 612. The van der Waals surface area contributed by atoms with Crippen LogP contribution in [0.3, 0.4) is 0 Å². The number of ketones is 1. The molecule has 0 atom stereocenters. The van der Waals surface area contributed by atoms with Crippen LogP contribution in [0, 0.1) is 5.82 Å². The smallest absolute Gasteiger partial charge is 0.360 e. The van der Waals surface area contributed by atoms with Crippen molar-refractivity contribution in [2.45, 2.75) is 19.5 Å². The molecule has 1 heterocycles. The van der Waals surface area contributed by atoms with Crippen LogP contribution in [-0.4, -0.2) is 10.8 Å². The summed E-state index contributed by atoms with van der Waals surface area (Å²) >= 11 is 0. The first-order valence-corrected chi connectivity index (χ1v) is 5.25. The Kier molecular flexibility index (Phi) is 2.88. The number of benzene rings is 1. The number of nitrogens with one attached hydrogen (secondary N) is 1. The summed E-state index contributed by atoms with van der Waals surface area (Å²) in [5.74, 6) is -1.65. The molecule has 1 aromatic heterocycles. The van der Waals surface area contributed by atoms with Crippen LogP contribution in [0.1, 0.15) is 29.3 Å². The van der Waals surface area contributed by atoms with Gasteiger partial charge in [0.1, 0.15) is 5.82 Å². The fraction of sp³-hybridized carbons (Fsp3) is 0.250. The van der Waals surface area contributed by atoms with Crippen molar-refractivity contribution >= 4 is 16.7 Å². The number of carbonyl (C=O) groups is 1. The average Bonchev–Trinajstić information content (AvgIpc) is 2.68. The van der Waals surface area contributed by atoms with Gasteiger partial charge < -0.3 is 4.98 Å². The molecule has 0 radical (unpaired) electrons. The summed E-state index contributed by atoms with van der Waals surface area (Å²) in [7, 11) is 0. The molecule has 0 saturated heterocycles. The van der Waals surface area contributed by atoms with Crippen LogP contribution in [0.5, 0.6) is 0 Å². The van der Waals surface area contributed by atoms with E-state index < -0.39 is 17.6 Å². The molecular weight excluding hydrogens is 250 g/mol. The minimum Gasteiger partial charge on any atom is -0.360 e. The van der Waals surface area contributed by atoms with E-state index in [1.807, 2.05) is 0 Å². The van der Waals surface area contributed by atoms with Crippen molar-refractivity contribution in [2.75, 3.05) is 0 Å². The van der Waals surface area contributed by atoms with Gasteiger partial charge in [0.15, 0.2) is 5.78 Å². The van der Waals surface area contributed by atoms with E-state index in [4.69, 9.17) is 0 Å². The molecule has 0 unspecified atom stereocenters. The molecule has 0 bridgehead atoms. The fourth-order valence-corrected chi connectivity index (χ4v) is 1.78. The lowest BCUT2D eigenvalue weighted by molar-refractivity contribution is -0.139. The molecule has 0 amide bonds. The van der Waals surface area contributed by atoms with Crippen molar-refractivity contribution in [1.29, 1.82) is 0 Å². The van der Waals surface area contributed by atoms with Crippen molar-refractivity contribution in [2.24, 2.45) is 0 Å². The molecule has 6 heteroatoms. The molecular formula is C12H9F4NO. The topological polar surface area (TPSA) is 32.9 Å². The van der Waals surface area contributed by atoms with Crippen LogP contribution < -0.4 is 0 Å². The number of hydrogen-bond acceptors (Lipinski definition) is 1. The quantitative estimate of drug-likeness (QED) is 0.643. The summed E-state index contributed by atoms with van der Waals surface area (Å²) in [6.07, 6.45) is -3.30. The number of hydrogen-bond donors (Lipinski definition) is 1. The second-order valence-corrected chi connectivity index (χ2v) is 3.85. The van der Waals surface area contributed by atoms with E-state index in [-0.39, 0.29) is 28.7 Å². The van der Waals surface area contributed by atoms with Gasteiger partial charge in [-0.1, -0.05) is 6.92 Å². The van der Waals surface area contributed by atoms with E-state index in [0.717, 1.165) is 6.07 Å². The number of alkyl halides is 3. The van der Waals surface area contributed by atoms with Gasteiger partial charge in [0.05, 0.1) is 5.56 Å². The predicted molar refractivity (Wildman–Crippen MR) is 57.9 cm³/mol. The Morgan fingerprint density at radius 1 is 1.33 bits per heavy atom. The maximum absolute atomic E-state index is 13.3. The van der Waals surface area contributed by atoms with E-state index in [0.29, 0.717) is 6.07 Å². The van der Waals surface area contributed by atoms with Crippen molar-refractivity contribution in [3.05, 3.63) is 35.3 Å². The Hall–Kier alpha value is -1.85. The number of halogens is 4. The number of aromatic amines is 1.